The van der Waals surface area contributed by atoms with Crippen LogP contribution in [0.15, 0.2) is 24.3 Å². The Labute approximate surface area is 114 Å². The molecule has 0 aliphatic carbocycles. The average molecular weight is 287 g/mol. The molecular formula is C12H9Cl2FN2O. The molecule has 3 nitrogen and oxygen atoms in total. The van der Waals surface area contributed by atoms with E-state index in [0.29, 0.717) is 22.1 Å². The summed E-state index contributed by atoms with van der Waals surface area (Å²) in [6.45, 7) is 0.233. The zero-order valence-electron chi connectivity index (χ0n) is 9.45. The smallest absolute Gasteiger partial charge is 0.156 e. The van der Waals surface area contributed by atoms with E-state index in [9.17, 15) is 4.39 Å². The molecule has 0 aliphatic rings. The number of aromatic nitrogens is 2. The van der Waals surface area contributed by atoms with Crippen LogP contribution in [0.5, 0.6) is 0 Å². The molecule has 1 aromatic heterocycles. The molecule has 0 radical (unpaired) electrons. The number of ether oxygens (including phenoxy) is 1. The lowest BCUT2D eigenvalue weighted by Crippen LogP contribution is -1.99. The predicted octanol–water partition coefficient (Wildman–Crippen LogP) is 3.74. The van der Waals surface area contributed by atoms with Crippen LogP contribution in [0.4, 0.5) is 4.39 Å². The second kappa shape index (κ2) is 5.61. The lowest BCUT2D eigenvalue weighted by atomic mass is 10.1. The summed E-state index contributed by atoms with van der Waals surface area (Å²) in [7, 11) is 1.53. The van der Waals surface area contributed by atoms with Gasteiger partial charge in [0.15, 0.2) is 5.82 Å². The third-order valence-electron chi connectivity index (χ3n) is 2.17. The fourth-order valence-electron chi connectivity index (χ4n) is 1.51. The number of hydrogen-bond acceptors (Lipinski definition) is 3. The Morgan fingerprint density at radius 2 is 1.94 bits per heavy atom. The van der Waals surface area contributed by atoms with E-state index >= 15 is 0 Å². The standard InChI is InChI=1S/C12H9Cl2FN2O/c1-18-6-12-16-10(5-11(14)17-12)7-2-8(13)4-9(15)3-7/h2-5H,6H2,1H3. The molecular weight excluding hydrogens is 278 g/mol. The lowest BCUT2D eigenvalue weighted by Gasteiger charge is -2.05. The van der Waals surface area contributed by atoms with Crippen molar-refractivity contribution in [1.82, 2.24) is 9.97 Å². The van der Waals surface area contributed by atoms with Gasteiger partial charge in [-0.05, 0) is 18.2 Å². The van der Waals surface area contributed by atoms with Crippen LogP contribution < -0.4 is 0 Å². The maximum absolute atomic E-state index is 13.3. The summed E-state index contributed by atoms with van der Waals surface area (Å²) < 4.78 is 18.2. The van der Waals surface area contributed by atoms with Crippen molar-refractivity contribution in [2.75, 3.05) is 7.11 Å². The number of nitrogens with zero attached hydrogens (tertiary/aromatic N) is 2. The highest BCUT2D eigenvalue weighted by Gasteiger charge is 2.08. The number of benzene rings is 1. The Bertz CT molecular complexity index is 558. The topological polar surface area (TPSA) is 35.0 Å². The molecule has 94 valence electrons. The maximum Gasteiger partial charge on any atom is 0.156 e. The number of hydrogen-bond donors (Lipinski definition) is 0. The number of methoxy groups -OCH3 is 1. The van der Waals surface area contributed by atoms with E-state index in [2.05, 4.69) is 9.97 Å². The van der Waals surface area contributed by atoms with Gasteiger partial charge in [-0.15, -0.1) is 0 Å². The molecule has 0 saturated carbocycles. The molecule has 6 heteroatoms. The summed E-state index contributed by atoms with van der Waals surface area (Å²) in [5, 5.41) is 0.570. The molecule has 0 aliphatic heterocycles. The van der Waals surface area contributed by atoms with Gasteiger partial charge >= 0.3 is 0 Å². The van der Waals surface area contributed by atoms with Gasteiger partial charge in [0.05, 0.1) is 5.69 Å². The Kier molecular flexibility index (Phi) is 4.11. The quantitative estimate of drug-likeness (QED) is 0.807. The van der Waals surface area contributed by atoms with Gasteiger partial charge in [0.25, 0.3) is 0 Å². The summed E-state index contributed by atoms with van der Waals surface area (Å²) in [6.07, 6.45) is 0. The average Bonchev–Trinajstić information content (AvgIpc) is 2.27. The van der Waals surface area contributed by atoms with Gasteiger partial charge < -0.3 is 4.74 Å². The Hall–Kier alpha value is -1.23. The van der Waals surface area contributed by atoms with Crippen LogP contribution in [0, 0.1) is 5.82 Å². The Morgan fingerprint density at radius 3 is 2.61 bits per heavy atom. The molecule has 0 unspecified atom stereocenters. The minimum absolute atomic E-state index is 0.233. The molecule has 0 spiro atoms. The minimum Gasteiger partial charge on any atom is -0.377 e. The minimum atomic E-state index is -0.430. The third kappa shape index (κ3) is 3.16. The highest BCUT2D eigenvalue weighted by atomic mass is 35.5. The molecule has 2 rings (SSSR count). The van der Waals surface area contributed by atoms with Crippen molar-refractivity contribution in [1.29, 1.82) is 0 Å². The third-order valence-corrected chi connectivity index (χ3v) is 2.58. The van der Waals surface area contributed by atoms with Crippen molar-refractivity contribution in [2.24, 2.45) is 0 Å². The number of halogens is 3. The largest absolute Gasteiger partial charge is 0.377 e. The zero-order valence-corrected chi connectivity index (χ0v) is 11.0. The second-order valence-electron chi connectivity index (χ2n) is 3.58. The van der Waals surface area contributed by atoms with Crippen molar-refractivity contribution in [3.63, 3.8) is 0 Å². The normalized spacial score (nSPS) is 10.7. The highest BCUT2D eigenvalue weighted by molar-refractivity contribution is 6.31. The van der Waals surface area contributed by atoms with Crippen LogP contribution in [-0.4, -0.2) is 17.1 Å². The van der Waals surface area contributed by atoms with Crippen molar-refractivity contribution in [3.05, 3.63) is 46.1 Å². The van der Waals surface area contributed by atoms with Crippen LogP contribution in [0.25, 0.3) is 11.3 Å². The van der Waals surface area contributed by atoms with Gasteiger partial charge in [0, 0.05) is 23.8 Å². The first-order valence-electron chi connectivity index (χ1n) is 5.07. The fraction of sp³-hybridized carbons (Fsp3) is 0.167. The van der Waals surface area contributed by atoms with Gasteiger partial charge in [0.2, 0.25) is 0 Å². The van der Waals surface area contributed by atoms with Crippen LogP contribution >= 0.6 is 23.2 Å². The van der Waals surface area contributed by atoms with E-state index in [-0.39, 0.29) is 11.8 Å². The van der Waals surface area contributed by atoms with Crippen LogP contribution in [-0.2, 0) is 11.3 Å². The molecule has 18 heavy (non-hydrogen) atoms. The molecule has 0 saturated heterocycles. The van der Waals surface area contributed by atoms with Crippen molar-refractivity contribution < 1.29 is 9.13 Å². The van der Waals surface area contributed by atoms with Crippen LogP contribution in [0.2, 0.25) is 10.2 Å². The van der Waals surface area contributed by atoms with E-state index < -0.39 is 5.82 Å². The van der Waals surface area contributed by atoms with Gasteiger partial charge in [-0.2, -0.15) is 0 Å². The van der Waals surface area contributed by atoms with E-state index in [1.165, 1.54) is 19.2 Å². The van der Waals surface area contributed by atoms with Gasteiger partial charge in [0.1, 0.15) is 17.6 Å². The van der Waals surface area contributed by atoms with Gasteiger partial charge in [-0.25, -0.2) is 14.4 Å². The lowest BCUT2D eigenvalue weighted by molar-refractivity contribution is 0.178. The van der Waals surface area contributed by atoms with Crippen molar-refractivity contribution >= 4 is 23.2 Å². The van der Waals surface area contributed by atoms with E-state index in [4.69, 9.17) is 27.9 Å². The van der Waals surface area contributed by atoms with Gasteiger partial charge in [-0.3, -0.25) is 0 Å². The molecule has 0 atom stereocenters. The first-order chi connectivity index (χ1) is 8.58. The summed E-state index contributed by atoms with van der Waals surface area (Å²) in [5.41, 5.74) is 1.05. The summed E-state index contributed by atoms with van der Waals surface area (Å²) in [4.78, 5) is 8.23. The van der Waals surface area contributed by atoms with Gasteiger partial charge in [-0.1, -0.05) is 23.2 Å². The van der Waals surface area contributed by atoms with E-state index in [0.717, 1.165) is 0 Å². The first kappa shape index (κ1) is 13.2. The summed E-state index contributed by atoms with van der Waals surface area (Å²) in [6, 6.07) is 5.72. The van der Waals surface area contributed by atoms with E-state index in [1.54, 1.807) is 12.1 Å². The molecule has 1 aromatic carbocycles. The van der Waals surface area contributed by atoms with Crippen molar-refractivity contribution in [3.8, 4) is 11.3 Å². The summed E-state index contributed by atoms with van der Waals surface area (Å²) in [5.74, 6) is 0.000842. The zero-order chi connectivity index (χ0) is 13.1. The Morgan fingerprint density at radius 1 is 1.17 bits per heavy atom. The molecule has 1 heterocycles. The maximum atomic E-state index is 13.3. The Balaban J connectivity index is 2.49. The molecule has 0 N–H and O–H groups in total. The van der Waals surface area contributed by atoms with E-state index in [1.807, 2.05) is 0 Å². The number of rotatable bonds is 3. The molecule has 2 aromatic rings. The monoisotopic (exact) mass is 286 g/mol. The summed E-state index contributed by atoms with van der Waals surface area (Å²) >= 11 is 11.7. The molecule has 0 amide bonds. The first-order valence-corrected chi connectivity index (χ1v) is 5.83. The predicted molar refractivity (Wildman–Crippen MR) is 68.2 cm³/mol. The fourth-order valence-corrected chi connectivity index (χ4v) is 1.93. The van der Waals surface area contributed by atoms with Crippen LogP contribution in [0.1, 0.15) is 5.82 Å². The SMILES string of the molecule is COCc1nc(Cl)cc(-c2cc(F)cc(Cl)c2)n1. The second-order valence-corrected chi connectivity index (χ2v) is 4.41. The van der Waals surface area contributed by atoms with Crippen molar-refractivity contribution in [2.45, 2.75) is 6.61 Å². The van der Waals surface area contributed by atoms with Crippen LogP contribution in [0.3, 0.4) is 0 Å². The molecule has 0 fully saturated rings. The highest BCUT2D eigenvalue weighted by Crippen LogP contribution is 2.24. The molecule has 0 bridgehead atoms.